The van der Waals surface area contributed by atoms with Crippen molar-refractivity contribution >= 4 is 24.4 Å². The molecule has 0 aromatic heterocycles. The van der Waals surface area contributed by atoms with Crippen LogP contribution in [0.4, 0.5) is 0 Å². The summed E-state index contributed by atoms with van der Waals surface area (Å²) in [6.45, 7) is 2.16. The fraction of sp³-hybridized carbons (Fsp3) is 1.00. The van der Waals surface area contributed by atoms with Crippen molar-refractivity contribution < 1.29 is 0 Å². The third kappa shape index (κ3) is 2.91. The molecule has 0 fully saturated rings. The lowest BCUT2D eigenvalue weighted by Crippen LogP contribution is -1.93. The quantitative estimate of drug-likeness (QED) is 0.544. The Bertz CT molecular complexity index is 24.7. The molecule has 6 heavy (non-hydrogen) atoms. The highest BCUT2D eigenvalue weighted by Crippen LogP contribution is 2.04. The minimum Gasteiger partial charge on any atom is -0.178 e. The van der Waals surface area contributed by atoms with Crippen molar-refractivity contribution in [3.63, 3.8) is 0 Å². The SMILES string of the molecule is CSC(C)CS. The van der Waals surface area contributed by atoms with E-state index in [0.717, 1.165) is 5.75 Å². The molecule has 0 amide bonds. The lowest BCUT2D eigenvalue weighted by atomic mass is 10.6. The summed E-state index contributed by atoms with van der Waals surface area (Å²) in [5.74, 6) is 0.987. The molecule has 0 nitrogen and oxygen atoms in total. The Hall–Kier alpha value is 0.700. The predicted octanol–water partition coefficient (Wildman–Crippen LogP) is 1.67. The number of thioether (sulfide) groups is 1. The molecule has 0 heterocycles. The first-order chi connectivity index (χ1) is 2.81. The van der Waals surface area contributed by atoms with Gasteiger partial charge in [0.1, 0.15) is 0 Å². The maximum atomic E-state index is 4.07. The lowest BCUT2D eigenvalue weighted by Gasteiger charge is -1.98. The minimum atomic E-state index is 0.716. The molecule has 0 aliphatic rings. The largest absolute Gasteiger partial charge is 0.178 e. The summed E-state index contributed by atoms with van der Waals surface area (Å²) in [5, 5.41) is 0.716. The van der Waals surface area contributed by atoms with Crippen LogP contribution < -0.4 is 0 Å². The molecule has 0 spiro atoms. The second-order valence-corrected chi connectivity index (χ2v) is 2.87. The zero-order valence-electron chi connectivity index (χ0n) is 4.14. The van der Waals surface area contributed by atoms with Crippen molar-refractivity contribution in [2.24, 2.45) is 0 Å². The van der Waals surface area contributed by atoms with Crippen LogP contribution >= 0.6 is 24.4 Å². The Labute approximate surface area is 49.1 Å². The highest BCUT2D eigenvalue weighted by molar-refractivity contribution is 7.99. The Morgan fingerprint density at radius 2 is 2.33 bits per heavy atom. The zero-order valence-corrected chi connectivity index (χ0v) is 5.85. The van der Waals surface area contributed by atoms with E-state index in [0.29, 0.717) is 5.25 Å². The molecule has 0 aromatic carbocycles. The average Bonchev–Trinajstić information content (AvgIpc) is 1.65. The molecule has 0 bridgehead atoms. The van der Waals surface area contributed by atoms with Crippen LogP contribution in [-0.2, 0) is 0 Å². The summed E-state index contributed by atoms with van der Waals surface area (Å²) < 4.78 is 0. The van der Waals surface area contributed by atoms with E-state index in [2.05, 4.69) is 25.8 Å². The second-order valence-electron chi connectivity index (χ2n) is 1.23. The topological polar surface area (TPSA) is 0 Å². The molecular weight excluding hydrogens is 112 g/mol. The van der Waals surface area contributed by atoms with E-state index >= 15 is 0 Å². The fourth-order valence-corrected chi connectivity index (χ4v) is 0.671. The van der Waals surface area contributed by atoms with Gasteiger partial charge in [-0.25, -0.2) is 0 Å². The zero-order chi connectivity index (χ0) is 4.99. The van der Waals surface area contributed by atoms with E-state index in [1.54, 1.807) is 0 Å². The van der Waals surface area contributed by atoms with Gasteiger partial charge in [0.25, 0.3) is 0 Å². The highest BCUT2D eigenvalue weighted by atomic mass is 32.2. The monoisotopic (exact) mass is 122 g/mol. The summed E-state index contributed by atoms with van der Waals surface area (Å²) in [6, 6.07) is 0. The van der Waals surface area contributed by atoms with Crippen molar-refractivity contribution in [3.8, 4) is 0 Å². The maximum absolute atomic E-state index is 4.07. The minimum absolute atomic E-state index is 0.716. The molecule has 0 rings (SSSR count). The normalized spacial score (nSPS) is 14.5. The predicted molar refractivity (Wildman–Crippen MR) is 36.8 cm³/mol. The van der Waals surface area contributed by atoms with Crippen LogP contribution in [0.15, 0.2) is 0 Å². The highest BCUT2D eigenvalue weighted by Gasteiger charge is 1.89. The summed E-state index contributed by atoms with van der Waals surface area (Å²) in [6.07, 6.45) is 2.10. The number of rotatable bonds is 2. The Morgan fingerprint density at radius 3 is 2.33 bits per heavy atom. The van der Waals surface area contributed by atoms with Gasteiger partial charge in [-0.1, -0.05) is 6.92 Å². The molecule has 0 saturated carbocycles. The molecule has 2 heteroatoms. The molecule has 0 radical (unpaired) electrons. The van der Waals surface area contributed by atoms with Crippen LogP contribution in [0, 0.1) is 0 Å². The van der Waals surface area contributed by atoms with E-state index in [1.165, 1.54) is 0 Å². The lowest BCUT2D eigenvalue weighted by molar-refractivity contribution is 1.14. The Kier molecular flexibility index (Phi) is 4.33. The van der Waals surface area contributed by atoms with Crippen LogP contribution in [0.1, 0.15) is 6.92 Å². The Balaban J connectivity index is 2.75. The summed E-state index contributed by atoms with van der Waals surface area (Å²) in [5.41, 5.74) is 0. The van der Waals surface area contributed by atoms with Crippen molar-refractivity contribution in [2.75, 3.05) is 12.0 Å². The molecule has 1 unspecified atom stereocenters. The molecule has 38 valence electrons. The molecule has 0 aromatic rings. The average molecular weight is 122 g/mol. The van der Waals surface area contributed by atoms with Crippen molar-refractivity contribution in [2.45, 2.75) is 12.2 Å². The van der Waals surface area contributed by atoms with E-state index in [4.69, 9.17) is 0 Å². The summed E-state index contributed by atoms with van der Waals surface area (Å²) in [4.78, 5) is 0. The number of hydrogen-bond acceptors (Lipinski definition) is 2. The van der Waals surface area contributed by atoms with E-state index < -0.39 is 0 Å². The maximum Gasteiger partial charge on any atom is 0.0104 e. The van der Waals surface area contributed by atoms with Crippen LogP contribution in [0.2, 0.25) is 0 Å². The van der Waals surface area contributed by atoms with Crippen LogP contribution in [0.25, 0.3) is 0 Å². The molecule has 0 aliphatic carbocycles. The second kappa shape index (κ2) is 3.88. The number of thiol groups is 1. The molecule has 0 aliphatic heterocycles. The van der Waals surface area contributed by atoms with Gasteiger partial charge in [0.2, 0.25) is 0 Å². The molecule has 1 atom stereocenters. The van der Waals surface area contributed by atoms with E-state index in [9.17, 15) is 0 Å². The molecule has 0 N–H and O–H groups in total. The van der Waals surface area contributed by atoms with Crippen LogP contribution in [0.3, 0.4) is 0 Å². The van der Waals surface area contributed by atoms with Crippen molar-refractivity contribution in [1.29, 1.82) is 0 Å². The van der Waals surface area contributed by atoms with Gasteiger partial charge in [-0.2, -0.15) is 24.4 Å². The van der Waals surface area contributed by atoms with Gasteiger partial charge in [-0.15, -0.1) is 0 Å². The summed E-state index contributed by atoms with van der Waals surface area (Å²) in [7, 11) is 0. The standard InChI is InChI=1S/C4H10S2/c1-4(3-5)6-2/h4-5H,3H2,1-2H3. The fourth-order valence-electron chi connectivity index (χ4n) is 0.0745. The molecular formula is C4H10S2. The Morgan fingerprint density at radius 1 is 1.83 bits per heavy atom. The first-order valence-corrected chi connectivity index (χ1v) is 3.87. The third-order valence-corrected chi connectivity index (χ3v) is 2.43. The van der Waals surface area contributed by atoms with Crippen molar-refractivity contribution in [1.82, 2.24) is 0 Å². The van der Waals surface area contributed by atoms with Crippen molar-refractivity contribution in [3.05, 3.63) is 0 Å². The van der Waals surface area contributed by atoms with Gasteiger partial charge >= 0.3 is 0 Å². The first-order valence-electron chi connectivity index (χ1n) is 1.95. The van der Waals surface area contributed by atoms with Gasteiger partial charge in [-0.3, -0.25) is 0 Å². The van der Waals surface area contributed by atoms with Gasteiger partial charge in [0.05, 0.1) is 0 Å². The third-order valence-electron chi connectivity index (χ3n) is 0.659. The van der Waals surface area contributed by atoms with E-state index in [1.807, 2.05) is 11.8 Å². The van der Waals surface area contributed by atoms with Crippen LogP contribution in [-0.4, -0.2) is 17.3 Å². The van der Waals surface area contributed by atoms with Gasteiger partial charge < -0.3 is 0 Å². The van der Waals surface area contributed by atoms with Gasteiger partial charge in [0.15, 0.2) is 0 Å². The van der Waals surface area contributed by atoms with Crippen LogP contribution in [0.5, 0.6) is 0 Å². The summed E-state index contributed by atoms with van der Waals surface area (Å²) >= 11 is 5.92. The number of hydrogen-bond donors (Lipinski definition) is 1. The smallest absolute Gasteiger partial charge is 0.0104 e. The van der Waals surface area contributed by atoms with Gasteiger partial charge in [0, 0.05) is 11.0 Å². The first kappa shape index (κ1) is 6.70. The van der Waals surface area contributed by atoms with Gasteiger partial charge in [-0.05, 0) is 6.26 Å². The van der Waals surface area contributed by atoms with E-state index in [-0.39, 0.29) is 0 Å². The molecule has 0 saturated heterocycles.